The van der Waals surface area contributed by atoms with E-state index in [0.29, 0.717) is 0 Å². The fraction of sp³-hybridized carbons (Fsp3) is 0.0870. The Kier molecular flexibility index (Phi) is 9.27. The van der Waals surface area contributed by atoms with E-state index in [4.69, 9.17) is 0 Å². The van der Waals surface area contributed by atoms with Gasteiger partial charge in [0.1, 0.15) is 0 Å². The van der Waals surface area contributed by atoms with Crippen molar-refractivity contribution in [3.05, 3.63) is 199 Å². The molecule has 1 aliphatic heterocycles. The summed E-state index contributed by atoms with van der Waals surface area (Å²) in [5.74, 6) is 0. The molecule has 5 heteroatoms. The van der Waals surface area contributed by atoms with Crippen LogP contribution in [0.1, 0.15) is 47.7 Å². The molecule has 2 atom stereocenters. The summed E-state index contributed by atoms with van der Waals surface area (Å²) in [7, 11) is 0. The van der Waals surface area contributed by atoms with Crippen molar-refractivity contribution >= 4 is 39.1 Å². The zero-order valence-corrected chi connectivity index (χ0v) is 29.4. The predicted molar refractivity (Wildman–Crippen MR) is 217 cm³/mol. The van der Waals surface area contributed by atoms with E-state index in [1.54, 1.807) is 11.8 Å². The van der Waals surface area contributed by atoms with Crippen LogP contribution in [-0.2, 0) is 0 Å². The van der Waals surface area contributed by atoms with Gasteiger partial charge in [-0.1, -0.05) is 152 Å². The Morgan fingerprint density at radius 2 is 1.22 bits per heavy atom. The maximum absolute atomic E-state index is 4.28. The second kappa shape index (κ2) is 14.4. The van der Waals surface area contributed by atoms with Crippen LogP contribution in [0.3, 0.4) is 0 Å². The molecule has 2 heterocycles. The SMILES string of the molecule is C=CC(=C)c1cccc(-c2ccc3c(c2)c2ccccc2n3-c2ccc(C3NC(c4ccccc4)NC(c4ccccc4)N3)cc2)c1S/C=C\C. The smallest absolute Gasteiger partial charge is 0.0864 e. The highest BCUT2D eigenvalue weighted by atomic mass is 32.2. The highest BCUT2D eigenvalue weighted by molar-refractivity contribution is 8.02. The van der Waals surface area contributed by atoms with Crippen molar-refractivity contribution in [3.8, 4) is 16.8 Å². The predicted octanol–water partition coefficient (Wildman–Crippen LogP) is 11.5. The molecule has 7 aromatic rings. The molecular weight excluding hydrogens is 641 g/mol. The normalized spacial score (nSPS) is 17.6. The number of nitrogens with one attached hydrogen (secondary N) is 3. The van der Waals surface area contributed by atoms with E-state index in [0.717, 1.165) is 16.8 Å². The molecule has 51 heavy (non-hydrogen) atoms. The number of thioether (sulfide) groups is 1. The van der Waals surface area contributed by atoms with Crippen molar-refractivity contribution in [3.63, 3.8) is 0 Å². The van der Waals surface area contributed by atoms with Gasteiger partial charge in [-0.05, 0) is 81.6 Å². The summed E-state index contributed by atoms with van der Waals surface area (Å²) in [6, 6.07) is 52.2. The molecule has 0 bridgehead atoms. The first-order valence-electron chi connectivity index (χ1n) is 17.4. The summed E-state index contributed by atoms with van der Waals surface area (Å²) >= 11 is 1.73. The minimum absolute atomic E-state index is 0.0127. The van der Waals surface area contributed by atoms with E-state index in [-0.39, 0.29) is 18.5 Å². The molecule has 1 aromatic heterocycles. The number of nitrogens with zero attached hydrogens (tertiary/aromatic N) is 1. The Labute approximate surface area is 304 Å². The van der Waals surface area contributed by atoms with Gasteiger partial charge in [-0.15, -0.1) is 0 Å². The Morgan fingerprint density at radius 3 is 1.84 bits per heavy atom. The van der Waals surface area contributed by atoms with Gasteiger partial charge in [0.05, 0.1) is 29.5 Å². The van der Waals surface area contributed by atoms with E-state index in [1.165, 1.54) is 54.5 Å². The molecule has 0 radical (unpaired) electrons. The molecule has 2 unspecified atom stereocenters. The molecule has 0 aliphatic carbocycles. The minimum Gasteiger partial charge on any atom is -0.309 e. The first-order chi connectivity index (χ1) is 25.1. The van der Waals surface area contributed by atoms with Gasteiger partial charge in [-0.2, -0.15) is 0 Å². The Balaban J connectivity index is 1.17. The van der Waals surface area contributed by atoms with E-state index < -0.39 is 0 Å². The first-order valence-corrected chi connectivity index (χ1v) is 18.3. The van der Waals surface area contributed by atoms with Gasteiger partial charge in [0.15, 0.2) is 0 Å². The lowest BCUT2D eigenvalue weighted by Crippen LogP contribution is -2.54. The lowest BCUT2D eigenvalue weighted by molar-refractivity contribution is 0.203. The number of benzene rings is 6. The van der Waals surface area contributed by atoms with E-state index in [1.807, 2.05) is 13.0 Å². The number of para-hydroxylation sites is 1. The van der Waals surface area contributed by atoms with E-state index in [2.05, 4.69) is 191 Å². The zero-order valence-electron chi connectivity index (χ0n) is 28.6. The van der Waals surface area contributed by atoms with Crippen LogP contribution in [0.4, 0.5) is 0 Å². The quantitative estimate of drug-likeness (QED) is 0.105. The Hall–Kier alpha value is -5.43. The second-order valence-corrected chi connectivity index (χ2v) is 13.7. The zero-order chi connectivity index (χ0) is 34.7. The average molecular weight is 681 g/mol. The van der Waals surface area contributed by atoms with Crippen molar-refractivity contribution in [2.45, 2.75) is 30.3 Å². The number of fused-ring (bicyclic) bond motifs is 3. The fourth-order valence-corrected chi connectivity index (χ4v) is 8.05. The topological polar surface area (TPSA) is 41.0 Å². The molecule has 3 N–H and O–H groups in total. The maximum atomic E-state index is 4.28. The second-order valence-electron chi connectivity index (χ2n) is 12.8. The van der Waals surface area contributed by atoms with Crippen molar-refractivity contribution in [1.82, 2.24) is 20.5 Å². The van der Waals surface area contributed by atoms with Crippen LogP contribution < -0.4 is 16.0 Å². The molecule has 250 valence electrons. The molecule has 8 rings (SSSR count). The van der Waals surface area contributed by atoms with Gasteiger partial charge >= 0.3 is 0 Å². The lowest BCUT2D eigenvalue weighted by Gasteiger charge is -2.39. The molecule has 0 saturated carbocycles. The van der Waals surface area contributed by atoms with Crippen LogP contribution in [-0.4, -0.2) is 4.57 Å². The number of aromatic nitrogens is 1. The number of hydrogen-bond acceptors (Lipinski definition) is 4. The van der Waals surface area contributed by atoms with Gasteiger partial charge < -0.3 is 4.57 Å². The molecule has 1 saturated heterocycles. The minimum atomic E-state index is -0.0565. The summed E-state index contributed by atoms with van der Waals surface area (Å²) in [6.07, 6.45) is 3.83. The Bertz CT molecular complexity index is 2330. The Morgan fingerprint density at radius 1 is 0.627 bits per heavy atom. The van der Waals surface area contributed by atoms with Crippen LogP contribution in [0.5, 0.6) is 0 Å². The van der Waals surface area contributed by atoms with Crippen LogP contribution in [0.15, 0.2) is 181 Å². The van der Waals surface area contributed by atoms with Crippen molar-refractivity contribution in [1.29, 1.82) is 0 Å². The summed E-state index contributed by atoms with van der Waals surface area (Å²) in [6.45, 7) is 10.3. The summed E-state index contributed by atoms with van der Waals surface area (Å²) in [5.41, 5.74) is 11.5. The first kappa shape index (κ1) is 32.8. The highest BCUT2D eigenvalue weighted by Crippen LogP contribution is 2.41. The molecule has 1 aliphatic rings. The fourth-order valence-electron chi connectivity index (χ4n) is 7.14. The van der Waals surface area contributed by atoms with E-state index >= 15 is 0 Å². The van der Waals surface area contributed by atoms with Crippen LogP contribution in [0, 0.1) is 0 Å². The molecular formula is C46H40N4S. The maximum Gasteiger partial charge on any atom is 0.0864 e. The molecule has 0 spiro atoms. The van der Waals surface area contributed by atoms with E-state index in [9.17, 15) is 0 Å². The molecule has 4 nitrogen and oxygen atoms in total. The van der Waals surface area contributed by atoms with Crippen LogP contribution in [0.2, 0.25) is 0 Å². The summed E-state index contributed by atoms with van der Waals surface area (Å²) < 4.78 is 2.38. The third-order valence-electron chi connectivity index (χ3n) is 9.66. The monoisotopic (exact) mass is 680 g/mol. The van der Waals surface area contributed by atoms with Crippen molar-refractivity contribution in [2.75, 3.05) is 0 Å². The third kappa shape index (κ3) is 6.37. The van der Waals surface area contributed by atoms with Crippen LogP contribution >= 0.6 is 11.8 Å². The van der Waals surface area contributed by atoms with Gasteiger partial charge in [-0.25, -0.2) is 0 Å². The van der Waals surface area contributed by atoms with Gasteiger partial charge in [-0.3, -0.25) is 16.0 Å². The third-order valence-corrected chi connectivity index (χ3v) is 10.7. The van der Waals surface area contributed by atoms with Crippen LogP contribution in [0.25, 0.3) is 44.2 Å². The summed E-state index contributed by atoms with van der Waals surface area (Å²) in [5, 5.41) is 16.0. The highest BCUT2D eigenvalue weighted by Gasteiger charge is 2.29. The largest absolute Gasteiger partial charge is 0.309 e. The number of hydrogen-bond donors (Lipinski definition) is 3. The van der Waals surface area contributed by atoms with Gasteiger partial charge in [0, 0.05) is 21.4 Å². The summed E-state index contributed by atoms with van der Waals surface area (Å²) in [4.78, 5) is 1.18. The number of allylic oxidation sites excluding steroid dienone is 3. The molecule has 6 aromatic carbocycles. The average Bonchev–Trinajstić information content (AvgIpc) is 3.54. The van der Waals surface area contributed by atoms with Crippen molar-refractivity contribution in [2.24, 2.45) is 0 Å². The number of rotatable bonds is 9. The lowest BCUT2D eigenvalue weighted by atomic mass is 9.98. The standard InChI is InChI=1S/C46H40N4S/c1-4-29-51-43-37(31(3)5-2)20-14-21-38(43)35-25-28-42-40(30-35)39-19-12-13-22-41(39)50(42)36-26-23-34(24-27-36)46-48-44(32-15-8-6-9-16-32)47-45(49-46)33-17-10-7-11-18-33/h4-30,44-49H,2-3H2,1H3/b29-4-. The molecule has 0 amide bonds. The van der Waals surface area contributed by atoms with Gasteiger partial charge in [0.2, 0.25) is 0 Å². The van der Waals surface area contributed by atoms with Gasteiger partial charge in [0.25, 0.3) is 0 Å². The molecule has 1 fully saturated rings. The van der Waals surface area contributed by atoms with Crippen molar-refractivity contribution < 1.29 is 0 Å².